The first-order valence-corrected chi connectivity index (χ1v) is 11.7. The summed E-state index contributed by atoms with van der Waals surface area (Å²) >= 11 is 0. The molecule has 3 aromatic rings. The molecule has 7 nitrogen and oxygen atoms in total. The van der Waals surface area contributed by atoms with E-state index in [9.17, 15) is 19.2 Å². The second kappa shape index (κ2) is 8.48. The van der Waals surface area contributed by atoms with E-state index in [0.717, 1.165) is 30.6 Å². The predicted molar refractivity (Wildman–Crippen MR) is 128 cm³/mol. The average molecular weight is 456 g/mol. The number of amides is 4. The van der Waals surface area contributed by atoms with Gasteiger partial charge < -0.3 is 0 Å². The van der Waals surface area contributed by atoms with Crippen LogP contribution in [-0.2, 0) is 0 Å². The largest absolute Gasteiger partial charge is 0.274 e. The van der Waals surface area contributed by atoms with Crippen LogP contribution in [0.2, 0.25) is 0 Å². The van der Waals surface area contributed by atoms with Crippen molar-refractivity contribution in [2.24, 2.45) is 5.92 Å². The van der Waals surface area contributed by atoms with Gasteiger partial charge in [0.05, 0.1) is 5.69 Å². The van der Waals surface area contributed by atoms with Crippen molar-refractivity contribution in [1.82, 2.24) is 9.88 Å². The van der Waals surface area contributed by atoms with Crippen molar-refractivity contribution in [2.45, 2.75) is 39.5 Å². The number of aromatic nitrogens is 1. The Kier molecular flexibility index (Phi) is 5.48. The fourth-order valence-corrected chi connectivity index (χ4v) is 4.99. The van der Waals surface area contributed by atoms with E-state index in [0.29, 0.717) is 45.3 Å². The van der Waals surface area contributed by atoms with Gasteiger partial charge >= 0.3 is 0 Å². The van der Waals surface area contributed by atoms with Crippen LogP contribution in [0.3, 0.4) is 0 Å². The lowest BCUT2D eigenvalue weighted by atomic mass is 9.85. The van der Waals surface area contributed by atoms with E-state index in [2.05, 4.69) is 18.8 Å². The number of pyridine rings is 1. The first-order valence-electron chi connectivity index (χ1n) is 11.7. The first-order chi connectivity index (χ1) is 16.5. The number of nitrogens with zero attached hydrogens (tertiary/aromatic N) is 3. The van der Waals surface area contributed by atoms with E-state index >= 15 is 0 Å². The van der Waals surface area contributed by atoms with Gasteiger partial charge in [-0.15, -0.1) is 0 Å². The van der Waals surface area contributed by atoms with Crippen LogP contribution in [0.15, 0.2) is 48.8 Å². The maximum Gasteiger partial charge on any atom is 0.265 e. The Labute approximate surface area is 197 Å². The van der Waals surface area contributed by atoms with Crippen molar-refractivity contribution in [3.63, 3.8) is 0 Å². The summed E-state index contributed by atoms with van der Waals surface area (Å²) in [6.45, 7) is 4.56. The van der Waals surface area contributed by atoms with Gasteiger partial charge in [-0.1, -0.05) is 33.1 Å². The Hall–Kier alpha value is -3.87. The average Bonchev–Trinajstić information content (AvgIpc) is 2.86. The highest BCUT2D eigenvalue weighted by Gasteiger charge is 2.40. The molecule has 2 aliphatic heterocycles. The van der Waals surface area contributed by atoms with Crippen molar-refractivity contribution >= 4 is 40.1 Å². The molecule has 172 valence electrons. The molecule has 0 fully saturated rings. The molecule has 0 radical (unpaired) electrons. The van der Waals surface area contributed by atoms with Gasteiger partial charge in [0.1, 0.15) is 0 Å². The minimum Gasteiger partial charge on any atom is -0.274 e. The molecular weight excluding hydrogens is 430 g/mol. The molecule has 2 aromatic carbocycles. The van der Waals surface area contributed by atoms with Gasteiger partial charge in [0.15, 0.2) is 0 Å². The zero-order valence-electron chi connectivity index (χ0n) is 19.2. The van der Waals surface area contributed by atoms with E-state index in [1.165, 1.54) is 17.3 Å². The minimum absolute atomic E-state index is 0.236. The highest BCUT2D eigenvalue weighted by Crippen LogP contribution is 2.39. The molecule has 2 aliphatic rings. The number of benzene rings is 2. The number of hydrogen-bond donors (Lipinski definition) is 0. The van der Waals surface area contributed by atoms with Crippen LogP contribution in [0.5, 0.6) is 0 Å². The summed E-state index contributed by atoms with van der Waals surface area (Å²) in [5.74, 6) is -1.47. The standard InChI is InChI=1S/C27H25N3O4/c1-3-5-6-16(4-2)15-29-24(31)18-7-9-20-23-21(10-8-19(22(18)23)25(29)32)27(34)30(26(20)33)17-11-13-28-14-12-17/h7-14,16H,3-6,15H2,1-2H3. The molecule has 1 aromatic heterocycles. The van der Waals surface area contributed by atoms with Gasteiger partial charge in [0.25, 0.3) is 23.6 Å². The Morgan fingerprint density at radius 3 is 1.71 bits per heavy atom. The summed E-state index contributed by atoms with van der Waals surface area (Å²) < 4.78 is 0. The van der Waals surface area contributed by atoms with Crippen molar-refractivity contribution in [3.8, 4) is 0 Å². The molecule has 0 N–H and O–H groups in total. The molecule has 3 heterocycles. The van der Waals surface area contributed by atoms with Crippen molar-refractivity contribution < 1.29 is 19.2 Å². The lowest BCUT2D eigenvalue weighted by Gasteiger charge is -2.33. The van der Waals surface area contributed by atoms with Gasteiger partial charge in [-0.2, -0.15) is 0 Å². The van der Waals surface area contributed by atoms with Crippen LogP contribution in [0.25, 0.3) is 10.8 Å². The van der Waals surface area contributed by atoms with Crippen LogP contribution >= 0.6 is 0 Å². The number of carbonyl (C=O) groups is 4. The summed E-state index contributed by atoms with van der Waals surface area (Å²) in [5.41, 5.74) is 1.74. The lowest BCUT2D eigenvalue weighted by Crippen LogP contribution is -2.44. The maximum absolute atomic E-state index is 13.4. The van der Waals surface area contributed by atoms with Gasteiger partial charge in [0.2, 0.25) is 0 Å². The third kappa shape index (κ3) is 3.22. The molecule has 1 unspecified atom stereocenters. The molecule has 4 amide bonds. The smallest absolute Gasteiger partial charge is 0.265 e. The molecule has 7 heteroatoms. The second-order valence-corrected chi connectivity index (χ2v) is 8.86. The van der Waals surface area contributed by atoms with E-state index in [1.54, 1.807) is 36.4 Å². The topological polar surface area (TPSA) is 87.7 Å². The molecule has 5 rings (SSSR count). The third-order valence-electron chi connectivity index (χ3n) is 6.88. The molecule has 0 aliphatic carbocycles. The summed E-state index contributed by atoms with van der Waals surface area (Å²) in [7, 11) is 0. The fourth-order valence-electron chi connectivity index (χ4n) is 4.99. The van der Waals surface area contributed by atoms with Crippen LogP contribution < -0.4 is 4.90 Å². The van der Waals surface area contributed by atoms with Crippen LogP contribution in [0.4, 0.5) is 5.69 Å². The SMILES string of the molecule is CCCCC(CC)CN1C(=O)c2ccc3c4c(ccc(c24)C1=O)C(=O)N(c1ccncc1)C3=O. The first kappa shape index (κ1) is 21.9. The molecule has 0 spiro atoms. The molecule has 1 atom stereocenters. The van der Waals surface area contributed by atoms with E-state index < -0.39 is 11.8 Å². The molecule has 0 saturated carbocycles. The predicted octanol–water partition coefficient (Wildman–Crippen LogP) is 4.85. The minimum atomic E-state index is -0.486. The normalized spacial score (nSPS) is 15.9. The van der Waals surface area contributed by atoms with E-state index in [1.807, 2.05) is 0 Å². The molecule has 0 saturated heterocycles. The van der Waals surface area contributed by atoms with Gasteiger partial charge in [-0.25, -0.2) is 4.90 Å². The quantitative estimate of drug-likeness (QED) is 0.476. The monoisotopic (exact) mass is 455 g/mol. The fraction of sp³-hybridized carbons (Fsp3) is 0.296. The van der Waals surface area contributed by atoms with E-state index in [4.69, 9.17) is 0 Å². The number of rotatable bonds is 7. The number of carbonyl (C=O) groups excluding carboxylic acids is 4. The second-order valence-electron chi connectivity index (χ2n) is 8.86. The summed E-state index contributed by atoms with van der Waals surface area (Å²) in [6.07, 6.45) is 6.97. The maximum atomic E-state index is 13.4. The zero-order valence-corrected chi connectivity index (χ0v) is 19.2. The highest BCUT2D eigenvalue weighted by molar-refractivity contribution is 6.39. The van der Waals surface area contributed by atoms with Crippen molar-refractivity contribution in [3.05, 3.63) is 71.0 Å². The van der Waals surface area contributed by atoms with Crippen molar-refractivity contribution in [1.29, 1.82) is 0 Å². The number of anilines is 1. The van der Waals surface area contributed by atoms with E-state index in [-0.39, 0.29) is 17.7 Å². The summed E-state index contributed by atoms with van der Waals surface area (Å²) in [5, 5.41) is 0.786. The number of unbranched alkanes of at least 4 members (excludes halogenated alkanes) is 1. The number of hydrogen-bond acceptors (Lipinski definition) is 5. The third-order valence-corrected chi connectivity index (χ3v) is 6.88. The Bertz CT molecular complexity index is 1280. The summed E-state index contributed by atoms with van der Waals surface area (Å²) in [6, 6.07) is 9.59. The zero-order chi connectivity index (χ0) is 24.0. The van der Waals surface area contributed by atoms with Crippen LogP contribution in [-0.4, -0.2) is 40.1 Å². The molecule has 0 bridgehead atoms. The Balaban J connectivity index is 1.61. The molecular formula is C27H25N3O4. The lowest BCUT2D eigenvalue weighted by molar-refractivity contribution is 0.0578. The Morgan fingerprint density at radius 2 is 1.24 bits per heavy atom. The number of imide groups is 2. The van der Waals surface area contributed by atoms with Crippen LogP contribution in [0, 0.1) is 5.92 Å². The van der Waals surface area contributed by atoms with Gasteiger partial charge in [0, 0.05) is 52.0 Å². The molecule has 34 heavy (non-hydrogen) atoms. The summed E-state index contributed by atoms with van der Waals surface area (Å²) in [4.78, 5) is 60.0. The van der Waals surface area contributed by atoms with Crippen LogP contribution in [0.1, 0.15) is 81.0 Å². The highest BCUT2D eigenvalue weighted by atomic mass is 16.2. The Morgan fingerprint density at radius 1 is 0.735 bits per heavy atom. The van der Waals surface area contributed by atoms with Crippen molar-refractivity contribution in [2.75, 3.05) is 11.4 Å². The van der Waals surface area contributed by atoms with Gasteiger partial charge in [-0.05, 0) is 48.7 Å². The van der Waals surface area contributed by atoms with Gasteiger partial charge in [-0.3, -0.25) is 29.1 Å².